The van der Waals surface area contributed by atoms with Crippen LogP contribution in [0.3, 0.4) is 0 Å². The number of hydrogen-bond acceptors (Lipinski definition) is 3. The maximum absolute atomic E-state index is 6.68. The van der Waals surface area contributed by atoms with Crippen molar-refractivity contribution in [1.82, 2.24) is 0 Å². The fourth-order valence-corrected chi connectivity index (χ4v) is 3.97. The first kappa shape index (κ1) is 13.7. The summed E-state index contributed by atoms with van der Waals surface area (Å²) >= 11 is 19.1. The molecule has 1 aliphatic heterocycles. The predicted octanol–water partition coefficient (Wildman–Crippen LogP) is 3.00. The van der Waals surface area contributed by atoms with Crippen molar-refractivity contribution in [1.29, 1.82) is 0 Å². The Hall–Kier alpha value is 0.230. The molecule has 6 heteroatoms. The van der Waals surface area contributed by atoms with Crippen LogP contribution in [0.25, 0.3) is 0 Å². The van der Waals surface area contributed by atoms with Gasteiger partial charge in [0, 0.05) is 14.2 Å². The fraction of sp³-hybridized carbons (Fsp3) is 0.636. The topological polar surface area (TPSA) is 31.0 Å². The van der Waals surface area contributed by atoms with Gasteiger partial charge in [0.25, 0.3) is 0 Å². The van der Waals surface area contributed by atoms with E-state index in [1.165, 1.54) is 14.2 Å². The second-order valence-electron chi connectivity index (χ2n) is 4.06. The Bertz CT molecular complexity index is 385. The summed E-state index contributed by atoms with van der Waals surface area (Å²) in [6.45, 7) is 4.09. The molecule has 17 heavy (non-hydrogen) atoms. The molecule has 0 N–H and O–H groups in total. The highest BCUT2D eigenvalue weighted by atomic mass is 35.5. The summed E-state index contributed by atoms with van der Waals surface area (Å²) in [6.07, 6.45) is 2.06. The van der Waals surface area contributed by atoms with Crippen molar-refractivity contribution in [3.63, 3.8) is 0 Å². The maximum atomic E-state index is 6.68. The number of ether oxygens (including phenoxy) is 3. The summed E-state index contributed by atoms with van der Waals surface area (Å²) in [5, 5.41) is 0.582. The van der Waals surface area contributed by atoms with Crippen molar-refractivity contribution in [2.45, 2.75) is 22.7 Å². The van der Waals surface area contributed by atoms with Crippen LogP contribution in [0.15, 0.2) is 22.7 Å². The highest BCUT2D eigenvalue weighted by Crippen LogP contribution is 2.66. The Labute approximate surface area is 115 Å². The number of epoxide rings is 1. The predicted molar refractivity (Wildman–Crippen MR) is 67.6 cm³/mol. The van der Waals surface area contributed by atoms with Gasteiger partial charge in [-0.25, -0.2) is 0 Å². The van der Waals surface area contributed by atoms with Gasteiger partial charge in [-0.15, -0.1) is 18.2 Å². The van der Waals surface area contributed by atoms with Gasteiger partial charge in [0.1, 0.15) is 4.87 Å². The second kappa shape index (κ2) is 4.12. The van der Waals surface area contributed by atoms with Gasteiger partial charge in [-0.1, -0.05) is 29.3 Å². The van der Waals surface area contributed by atoms with Crippen LogP contribution in [0.5, 0.6) is 0 Å². The van der Waals surface area contributed by atoms with Crippen LogP contribution in [-0.4, -0.2) is 37.1 Å². The molecule has 1 saturated heterocycles. The van der Waals surface area contributed by atoms with Crippen LogP contribution >= 0.6 is 34.8 Å². The van der Waals surface area contributed by atoms with E-state index in [2.05, 4.69) is 6.58 Å². The molecule has 1 spiro atoms. The smallest absolute Gasteiger partial charge is 0.230 e. The summed E-state index contributed by atoms with van der Waals surface area (Å²) in [4.78, 5) is -1.04. The average molecular weight is 300 g/mol. The first-order chi connectivity index (χ1) is 7.95. The van der Waals surface area contributed by atoms with Gasteiger partial charge < -0.3 is 14.2 Å². The van der Waals surface area contributed by atoms with Gasteiger partial charge in [-0.3, -0.25) is 0 Å². The van der Waals surface area contributed by atoms with E-state index in [1.807, 2.05) is 0 Å². The number of rotatable bonds is 4. The first-order valence-electron chi connectivity index (χ1n) is 5.06. The summed E-state index contributed by atoms with van der Waals surface area (Å²) in [5.74, 6) is -1.31. The zero-order valence-corrected chi connectivity index (χ0v) is 11.8. The molecular formula is C11H13Cl3O3. The van der Waals surface area contributed by atoms with Crippen molar-refractivity contribution in [3.8, 4) is 0 Å². The first-order valence-corrected chi connectivity index (χ1v) is 6.19. The lowest BCUT2D eigenvalue weighted by molar-refractivity contribution is -0.198. The molecule has 2 atom stereocenters. The minimum atomic E-state index is -1.31. The molecular weight excluding hydrogens is 286 g/mol. The van der Waals surface area contributed by atoms with Crippen LogP contribution in [-0.2, 0) is 14.2 Å². The molecule has 0 aromatic heterocycles. The second-order valence-corrected chi connectivity index (χ2v) is 5.46. The van der Waals surface area contributed by atoms with Crippen molar-refractivity contribution < 1.29 is 14.2 Å². The standard InChI is InChI=1S/C11H13Cl3O3/c1-4-5-10(14)9(6-17-9)7(12)8(13)11(10,15-2)16-3/h4H,1,5-6H2,2-3H3/t9-,10-/m1/s1. The van der Waals surface area contributed by atoms with Crippen LogP contribution in [0.2, 0.25) is 0 Å². The monoisotopic (exact) mass is 298 g/mol. The van der Waals surface area contributed by atoms with Gasteiger partial charge in [0.2, 0.25) is 5.79 Å². The third-order valence-corrected chi connectivity index (χ3v) is 5.17. The Kier molecular flexibility index (Phi) is 3.31. The third-order valence-electron chi connectivity index (χ3n) is 3.43. The summed E-state index contributed by atoms with van der Waals surface area (Å²) < 4.78 is 16.3. The van der Waals surface area contributed by atoms with Crippen LogP contribution < -0.4 is 0 Å². The molecule has 0 aromatic carbocycles. The van der Waals surface area contributed by atoms with Gasteiger partial charge >= 0.3 is 0 Å². The Morgan fingerprint density at radius 2 is 1.88 bits per heavy atom. The lowest BCUT2D eigenvalue weighted by atomic mass is 9.87. The van der Waals surface area contributed by atoms with E-state index >= 15 is 0 Å². The van der Waals surface area contributed by atoms with Crippen molar-refractivity contribution >= 4 is 34.8 Å². The summed E-state index contributed by atoms with van der Waals surface area (Å²) in [7, 11) is 2.94. The Morgan fingerprint density at radius 1 is 1.35 bits per heavy atom. The van der Waals surface area contributed by atoms with Crippen molar-refractivity contribution in [2.24, 2.45) is 0 Å². The Balaban J connectivity index is 2.60. The number of alkyl halides is 1. The largest absolute Gasteiger partial charge is 0.361 e. The lowest BCUT2D eigenvalue weighted by Crippen LogP contribution is -2.57. The molecule has 0 unspecified atom stereocenters. The quantitative estimate of drug-likeness (QED) is 0.346. The molecule has 96 valence electrons. The minimum absolute atomic E-state index is 0.235. The van der Waals surface area contributed by atoms with Gasteiger partial charge in [-0.2, -0.15) is 0 Å². The van der Waals surface area contributed by atoms with Gasteiger partial charge in [-0.05, 0) is 6.42 Å². The third kappa shape index (κ3) is 1.36. The van der Waals surface area contributed by atoms with E-state index in [0.29, 0.717) is 18.1 Å². The van der Waals surface area contributed by atoms with E-state index in [-0.39, 0.29) is 5.03 Å². The van der Waals surface area contributed by atoms with E-state index in [9.17, 15) is 0 Å². The number of methoxy groups -OCH3 is 2. The van der Waals surface area contributed by atoms with E-state index in [1.54, 1.807) is 6.08 Å². The molecule has 0 radical (unpaired) electrons. The minimum Gasteiger partial charge on any atom is -0.361 e. The normalized spacial score (nSPS) is 38.9. The average Bonchev–Trinajstić information content (AvgIpc) is 3.09. The van der Waals surface area contributed by atoms with Crippen molar-refractivity contribution in [2.75, 3.05) is 20.8 Å². The SMILES string of the molecule is C=CC[C@]1(Cl)C(OC)(OC)C(Cl)=C(Cl)[C@]12CO2. The van der Waals surface area contributed by atoms with Crippen LogP contribution in [0.1, 0.15) is 6.42 Å². The summed E-state index contributed by atoms with van der Waals surface area (Å²) in [5.41, 5.74) is -0.826. The molecule has 0 bridgehead atoms. The van der Waals surface area contributed by atoms with E-state index < -0.39 is 16.3 Å². The van der Waals surface area contributed by atoms with Crippen LogP contribution in [0, 0.1) is 0 Å². The number of hydrogen-bond donors (Lipinski definition) is 0. The molecule has 2 aliphatic rings. The molecule has 0 saturated carbocycles. The van der Waals surface area contributed by atoms with E-state index in [4.69, 9.17) is 49.0 Å². The zero-order valence-electron chi connectivity index (χ0n) is 9.56. The number of allylic oxidation sites excluding steroid dienone is 1. The molecule has 0 aromatic rings. The van der Waals surface area contributed by atoms with Gasteiger partial charge in [0.05, 0.1) is 16.7 Å². The zero-order chi connectivity index (χ0) is 12.9. The molecule has 3 nitrogen and oxygen atoms in total. The summed E-state index contributed by atoms with van der Waals surface area (Å²) in [6, 6.07) is 0. The maximum Gasteiger partial charge on any atom is 0.230 e. The highest BCUT2D eigenvalue weighted by Gasteiger charge is 2.78. The molecule has 2 rings (SSSR count). The lowest BCUT2D eigenvalue weighted by Gasteiger charge is -2.41. The fourth-order valence-electron chi connectivity index (χ4n) is 2.45. The molecule has 1 fully saturated rings. The molecule has 1 heterocycles. The van der Waals surface area contributed by atoms with E-state index in [0.717, 1.165) is 0 Å². The Morgan fingerprint density at radius 3 is 2.24 bits per heavy atom. The molecule has 1 aliphatic carbocycles. The highest BCUT2D eigenvalue weighted by molar-refractivity contribution is 6.44. The van der Waals surface area contributed by atoms with Crippen LogP contribution in [0.4, 0.5) is 0 Å². The number of halogens is 3. The van der Waals surface area contributed by atoms with Gasteiger partial charge in [0.15, 0.2) is 5.60 Å². The van der Waals surface area contributed by atoms with Crippen molar-refractivity contribution in [3.05, 3.63) is 22.7 Å². The molecule has 0 amide bonds.